The molecule has 1 fully saturated rings. The van der Waals surface area contributed by atoms with Crippen LogP contribution in [-0.2, 0) is 0 Å². The molecule has 2 atom stereocenters. The molecule has 13 heavy (non-hydrogen) atoms. The van der Waals surface area contributed by atoms with E-state index in [1.54, 1.807) is 0 Å². The van der Waals surface area contributed by atoms with Crippen molar-refractivity contribution >= 4 is 0 Å². The summed E-state index contributed by atoms with van der Waals surface area (Å²) in [6.07, 6.45) is 5.23. The van der Waals surface area contributed by atoms with E-state index in [0.29, 0.717) is 6.04 Å². The molecule has 1 saturated heterocycles. The van der Waals surface area contributed by atoms with E-state index in [1.807, 2.05) is 26.8 Å². The molecule has 2 heteroatoms. The fourth-order valence-electron chi connectivity index (χ4n) is 2.11. The molecule has 2 nitrogen and oxygen atoms in total. The van der Waals surface area contributed by atoms with Crippen molar-refractivity contribution in [2.75, 3.05) is 6.54 Å². The largest absolute Gasteiger partial charge is 0.386 e. The SMILES string of the molecule is CC(C)=CC(C)(O)CC1CCCN1. The van der Waals surface area contributed by atoms with Crippen molar-refractivity contribution in [3.63, 3.8) is 0 Å². The maximum Gasteiger partial charge on any atom is 0.0816 e. The molecule has 0 aromatic rings. The Hall–Kier alpha value is -0.340. The molecule has 1 heterocycles. The van der Waals surface area contributed by atoms with Crippen molar-refractivity contribution in [2.45, 2.75) is 51.7 Å². The van der Waals surface area contributed by atoms with Crippen molar-refractivity contribution in [2.24, 2.45) is 0 Å². The van der Waals surface area contributed by atoms with Gasteiger partial charge in [0.15, 0.2) is 0 Å². The van der Waals surface area contributed by atoms with E-state index in [4.69, 9.17) is 0 Å². The van der Waals surface area contributed by atoms with Crippen LogP contribution in [0.15, 0.2) is 11.6 Å². The zero-order valence-corrected chi connectivity index (χ0v) is 8.93. The third kappa shape index (κ3) is 3.92. The molecule has 76 valence electrons. The normalized spacial score (nSPS) is 26.9. The Balaban J connectivity index is 2.45. The molecule has 1 rings (SSSR count). The van der Waals surface area contributed by atoms with Gasteiger partial charge in [0.2, 0.25) is 0 Å². The van der Waals surface area contributed by atoms with E-state index in [-0.39, 0.29) is 0 Å². The van der Waals surface area contributed by atoms with Crippen LogP contribution >= 0.6 is 0 Å². The zero-order chi connectivity index (χ0) is 9.90. The van der Waals surface area contributed by atoms with Gasteiger partial charge < -0.3 is 10.4 Å². The maximum absolute atomic E-state index is 10.0. The summed E-state index contributed by atoms with van der Waals surface area (Å²) in [6, 6.07) is 0.505. The molecule has 0 aromatic heterocycles. The molecular weight excluding hydrogens is 162 g/mol. The van der Waals surface area contributed by atoms with Crippen LogP contribution in [0.4, 0.5) is 0 Å². The van der Waals surface area contributed by atoms with Crippen molar-refractivity contribution < 1.29 is 5.11 Å². The summed E-state index contributed by atoms with van der Waals surface area (Å²) in [6.45, 7) is 7.04. The summed E-state index contributed by atoms with van der Waals surface area (Å²) in [5.41, 5.74) is 0.545. The number of nitrogens with one attached hydrogen (secondary N) is 1. The van der Waals surface area contributed by atoms with E-state index >= 15 is 0 Å². The van der Waals surface area contributed by atoms with Crippen LogP contribution in [0.2, 0.25) is 0 Å². The Kier molecular flexibility index (Phi) is 3.51. The fourth-order valence-corrected chi connectivity index (χ4v) is 2.11. The van der Waals surface area contributed by atoms with Gasteiger partial charge in [0.05, 0.1) is 5.60 Å². The monoisotopic (exact) mass is 183 g/mol. The van der Waals surface area contributed by atoms with E-state index < -0.39 is 5.60 Å². The molecule has 1 aliphatic heterocycles. The van der Waals surface area contributed by atoms with Crippen molar-refractivity contribution in [3.8, 4) is 0 Å². The van der Waals surface area contributed by atoms with E-state index in [9.17, 15) is 5.11 Å². The first-order valence-electron chi connectivity index (χ1n) is 5.11. The van der Waals surface area contributed by atoms with E-state index in [1.165, 1.54) is 18.4 Å². The predicted molar refractivity (Wildman–Crippen MR) is 55.7 cm³/mol. The van der Waals surface area contributed by atoms with Crippen LogP contribution < -0.4 is 5.32 Å². The minimum absolute atomic E-state index is 0.505. The van der Waals surface area contributed by atoms with Crippen LogP contribution in [0.3, 0.4) is 0 Å². The van der Waals surface area contributed by atoms with Gasteiger partial charge in [0.1, 0.15) is 0 Å². The van der Waals surface area contributed by atoms with E-state index in [0.717, 1.165) is 13.0 Å². The second kappa shape index (κ2) is 4.25. The third-order valence-corrected chi connectivity index (χ3v) is 2.42. The maximum atomic E-state index is 10.0. The van der Waals surface area contributed by atoms with Gasteiger partial charge in [-0.2, -0.15) is 0 Å². The second-order valence-corrected chi connectivity index (χ2v) is 4.58. The molecule has 2 N–H and O–H groups in total. The van der Waals surface area contributed by atoms with Crippen LogP contribution in [0.25, 0.3) is 0 Å². The van der Waals surface area contributed by atoms with Crippen LogP contribution in [-0.4, -0.2) is 23.3 Å². The summed E-state index contributed by atoms with van der Waals surface area (Å²) in [4.78, 5) is 0. The summed E-state index contributed by atoms with van der Waals surface area (Å²) in [5, 5.41) is 13.4. The van der Waals surface area contributed by atoms with Crippen molar-refractivity contribution in [3.05, 3.63) is 11.6 Å². The fraction of sp³-hybridized carbons (Fsp3) is 0.818. The molecule has 2 unspecified atom stereocenters. The highest BCUT2D eigenvalue weighted by Gasteiger charge is 2.24. The van der Waals surface area contributed by atoms with Gasteiger partial charge in [0.25, 0.3) is 0 Å². The quantitative estimate of drug-likeness (QED) is 0.654. The Morgan fingerprint density at radius 2 is 2.31 bits per heavy atom. The Bertz CT molecular complexity index is 186. The highest BCUT2D eigenvalue weighted by molar-refractivity contribution is 5.06. The summed E-state index contributed by atoms with van der Waals surface area (Å²) in [7, 11) is 0. The molecule has 1 aliphatic rings. The number of allylic oxidation sites excluding steroid dienone is 1. The highest BCUT2D eigenvalue weighted by atomic mass is 16.3. The molecule has 0 amide bonds. The first-order chi connectivity index (χ1) is 5.99. The van der Waals surface area contributed by atoms with Crippen LogP contribution in [0.5, 0.6) is 0 Å². The van der Waals surface area contributed by atoms with E-state index in [2.05, 4.69) is 5.32 Å². The predicted octanol–water partition coefficient (Wildman–Crippen LogP) is 1.85. The van der Waals surface area contributed by atoms with Gasteiger partial charge in [-0.1, -0.05) is 11.6 Å². The lowest BCUT2D eigenvalue weighted by molar-refractivity contribution is 0.0905. The average Bonchev–Trinajstić information content (AvgIpc) is 2.34. The Labute approximate surface area is 81.0 Å². The Morgan fingerprint density at radius 3 is 2.77 bits per heavy atom. The second-order valence-electron chi connectivity index (χ2n) is 4.58. The first-order valence-corrected chi connectivity index (χ1v) is 5.11. The van der Waals surface area contributed by atoms with Gasteiger partial charge in [-0.25, -0.2) is 0 Å². The molecule has 0 aliphatic carbocycles. The lowest BCUT2D eigenvalue weighted by atomic mass is 9.94. The lowest BCUT2D eigenvalue weighted by Crippen LogP contribution is -2.33. The highest BCUT2D eigenvalue weighted by Crippen LogP contribution is 2.20. The molecule has 0 aromatic carbocycles. The average molecular weight is 183 g/mol. The molecule has 0 bridgehead atoms. The lowest BCUT2D eigenvalue weighted by Gasteiger charge is -2.23. The van der Waals surface area contributed by atoms with Crippen LogP contribution in [0, 0.1) is 0 Å². The van der Waals surface area contributed by atoms with Gasteiger partial charge in [-0.05, 0) is 46.6 Å². The minimum atomic E-state index is -0.638. The number of hydrogen-bond acceptors (Lipinski definition) is 2. The van der Waals surface area contributed by atoms with Crippen molar-refractivity contribution in [1.82, 2.24) is 5.32 Å². The topological polar surface area (TPSA) is 32.3 Å². The minimum Gasteiger partial charge on any atom is -0.386 e. The molecule has 0 radical (unpaired) electrons. The standard InChI is InChI=1S/C11H21NO/c1-9(2)7-11(3,13)8-10-5-4-6-12-10/h7,10,12-13H,4-6,8H2,1-3H3. The van der Waals surface area contributed by atoms with Gasteiger partial charge in [0, 0.05) is 6.04 Å². The number of aliphatic hydroxyl groups is 1. The van der Waals surface area contributed by atoms with Gasteiger partial charge >= 0.3 is 0 Å². The number of hydrogen-bond donors (Lipinski definition) is 2. The van der Waals surface area contributed by atoms with Gasteiger partial charge in [-0.3, -0.25) is 0 Å². The van der Waals surface area contributed by atoms with Gasteiger partial charge in [-0.15, -0.1) is 0 Å². The Morgan fingerprint density at radius 1 is 1.62 bits per heavy atom. The van der Waals surface area contributed by atoms with Crippen LogP contribution in [0.1, 0.15) is 40.0 Å². The summed E-state index contributed by atoms with van der Waals surface area (Å²) < 4.78 is 0. The third-order valence-electron chi connectivity index (χ3n) is 2.42. The smallest absolute Gasteiger partial charge is 0.0816 e. The molecule has 0 spiro atoms. The first kappa shape index (κ1) is 10.7. The molecule has 0 saturated carbocycles. The summed E-state index contributed by atoms with van der Waals surface area (Å²) in [5.74, 6) is 0. The molecular formula is C11H21NO. The van der Waals surface area contributed by atoms with Crippen molar-refractivity contribution in [1.29, 1.82) is 0 Å². The number of rotatable bonds is 3. The zero-order valence-electron chi connectivity index (χ0n) is 8.93. The summed E-state index contributed by atoms with van der Waals surface area (Å²) >= 11 is 0.